The van der Waals surface area contributed by atoms with Gasteiger partial charge < -0.3 is 9.64 Å². The number of ether oxygens (including phenoxy) is 1. The van der Waals surface area contributed by atoms with Gasteiger partial charge in [-0.25, -0.2) is 19.2 Å². The molecule has 0 N–H and O–H groups in total. The van der Waals surface area contributed by atoms with E-state index in [1.54, 1.807) is 30.3 Å². The number of aromatic nitrogens is 2. The third-order valence-electron chi connectivity index (χ3n) is 5.09. The van der Waals surface area contributed by atoms with Gasteiger partial charge in [0, 0.05) is 18.7 Å². The van der Waals surface area contributed by atoms with Crippen molar-refractivity contribution >= 4 is 22.8 Å². The Hall–Kier alpha value is -3.02. The average Bonchev–Trinajstić information content (AvgIpc) is 3.02. The van der Waals surface area contributed by atoms with Gasteiger partial charge in [-0.05, 0) is 55.3 Å². The molecule has 0 saturated carbocycles. The van der Waals surface area contributed by atoms with E-state index < -0.39 is 5.97 Å². The molecule has 0 unspecified atom stereocenters. The number of rotatable bonds is 3. The molecule has 3 aromatic rings. The number of esters is 1. The van der Waals surface area contributed by atoms with Crippen molar-refractivity contribution < 1.29 is 13.9 Å². The molecule has 1 saturated heterocycles. The van der Waals surface area contributed by atoms with Gasteiger partial charge in [-0.15, -0.1) is 0 Å². The number of hydrogen-bond donors (Lipinski definition) is 0. The van der Waals surface area contributed by atoms with E-state index in [-0.39, 0.29) is 5.82 Å². The third kappa shape index (κ3) is 3.67. The SMILES string of the molecule is COC(=O)c1ccc2nc(-c3ccc(F)cc3)c(N3CCCCCC3)nc2c1. The Balaban J connectivity index is 1.88. The summed E-state index contributed by atoms with van der Waals surface area (Å²) in [5.74, 6) is 0.0993. The van der Waals surface area contributed by atoms with Crippen LogP contribution in [0.15, 0.2) is 42.5 Å². The van der Waals surface area contributed by atoms with E-state index in [9.17, 15) is 9.18 Å². The number of nitrogens with zero attached hydrogens (tertiary/aromatic N) is 3. The zero-order valence-electron chi connectivity index (χ0n) is 15.8. The molecule has 0 radical (unpaired) electrons. The fourth-order valence-electron chi connectivity index (χ4n) is 3.59. The van der Waals surface area contributed by atoms with Gasteiger partial charge in [0.05, 0.1) is 23.7 Å². The minimum absolute atomic E-state index is 0.281. The van der Waals surface area contributed by atoms with Crippen molar-refractivity contribution in [3.05, 3.63) is 53.8 Å². The summed E-state index contributed by atoms with van der Waals surface area (Å²) < 4.78 is 18.2. The number of halogens is 1. The van der Waals surface area contributed by atoms with Crippen LogP contribution in [0.2, 0.25) is 0 Å². The van der Waals surface area contributed by atoms with E-state index in [1.165, 1.54) is 32.1 Å². The first-order valence-corrected chi connectivity index (χ1v) is 9.57. The summed E-state index contributed by atoms with van der Waals surface area (Å²) in [4.78, 5) is 23.9. The van der Waals surface area contributed by atoms with E-state index in [0.717, 1.165) is 43.0 Å². The van der Waals surface area contributed by atoms with Gasteiger partial charge in [0.2, 0.25) is 0 Å². The Bertz CT molecular complexity index is 997. The summed E-state index contributed by atoms with van der Waals surface area (Å²) in [6, 6.07) is 11.5. The lowest BCUT2D eigenvalue weighted by molar-refractivity contribution is 0.0601. The van der Waals surface area contributed by atoms with Gasteiger partial charge in [0.1, 0.15) is 11.5 Å². The van der Waals surface area contributed by atoms with Crippen molar-refractivity contribution in [3.8, 4) is 11.3 Å². The molecule has 144 valence electrons. The molecule has 0 spiro atoms. The zero-order valence-corrected chi connectivity index (χ0v) is 15.8. The second-order valence-electron chi connectivity index (χ2n) is 7.00. The highest BCUT2D eigenvalue weighted by molar-refractivity contribution is 5.94. The van der Waals surface area contributed by atoms with E-state index >= 15 is 0 Å². The lowest BCUT2D eigenvalue weighted by atomic mass is 10.1. The highest BCUT2D eigenvalue weighted by Crippen LogP contribution is 2.31. The van der Waals surface area contributed by atoms with Crippen LogP contribution in [0.25, 0.3) is 22.3 Å². The van der Waals surface area contributed by atoms with Gasteiger partial charge in [-0.1, -0.05) is 12.8 Å². The van der Waals surface area contributed by atoms with Crippen LogP contribution in [0.1, 0.15) is 36.0 Å². The molecule has 1 aliphatic rings. The monoisotopic (exact) mass is 379 g/mol. The summed E-state index contributed by atoms with van der Waals surface area (Å²) in [5.41, 5.74) is 3.34. The predicted octanol–water partition coefficient (Wildman–Crippen LogP) is 4.60. The van der Waals surface area contributed by atoms with Crippen LogP contribution in [-0.4, -0.2) is 36.1 Å². The van der Waals surface area contributed by atoms with Crippen LogP contribution in [0.3, 0.4) is 0 Å². The zero-order chi connectivity index (χ0) is 19.5. The molecule has 0 atom stereocenters. The van der Waals surface area contributed by atoms with Crippen molar-refractivity contribution in [2.45, 2.75) is 25.7 Å². The molecule has 5 nitrogen and oxygen atoms in total. The van der Waals surface area contributed by atoms with Crippen LogP contribution in [-0.2, 0) is 4.74 Å². The second kappa shape index (κ2) is 7.92. The number of benzene rings is 2. The smallest absolute Gasteiger partial charge is 0.337 e. The maximum absolute atomic E-state index is 13.4. The molecule has 6 heteroatoms. The molecule has 0 bridgehead atoms. The Morgan fingerprint density at radius 2 is 1.68 bits per heavy atom. The van der Waals surface area contributed by atoms with Crippen molar-refractivity contribution in [1.29, 1.82) is 0 Å². The molecular weight excluding hydrogens is 357 g/mol. The predicted molar refractivity (Wildman–Crippen MR) is 107 cm³/mol. The second-order valence-corrected chi connectivity index (χ2v) is 7.00. The third-order valence-corrected chi connectivity index (χ3v) is 5.09. The van der Waals surface area contributed by atoms with Crippen LogP contribution in [0, 0.1) is 5.82 Å². The summed E-state index contributed by atoms with van der Waals surface area (Å²) >= 11 is 0. The van der Waals surface area contributed by atoms with Gasteiger partial charge in [0.15, 0.2) is 5.82 Å². The molecule has 1 aliphatic heterocycles. The first-order chi connectivity index (χ1) is 13.7. The number of carbonyl (C=O) groups is 1. The number of methoxy groups -OCH3 is 1. The van der Waals surface area contributed by atoms with E-state index in [2.05, 4.69) is 4.90 Å². The topological polar surface area (TPSA) is 55.3 Å². The minimum atomic E-state index is -0.400. The number of hydrogen-bond acceptors (Lipinski definition) is 5. The van der Waals surface area contributed by atoms with E-state index in [4.69, 9.17) is 14.7 Å². The van der Waals surface area contributed by atoms with Gasteiger partial charge in [-0.3, -0.25) is 0 Å². The van der Waals surface area contributed by atoms with Crippen molar-refractivity contribution in [3.63, 3.8) is 0 Å². The Labute approximate surface area is 163 Å². The van der Waals surface area contributed by atoms with Crippen LogP contribution < -0.4 is 4.90 Å². The summed E-state index contributed by atoms with van der Waals surface area (Å²) in [7, 11) is 1.36. The maximum atomic E-state index is 13.4. The summed E-state index contributed by atoms with van der Waals surface area (Å²) in [6.07, 6.45) is 4.61. The Morgan fingerprint density at radius 1 is 0.964 bits per heavy atom. The number of anilines is 1. The molecule has 2 heterocycles. The van der Waals surface area contributed by atoms with E-state index in [0.29, 0.717) is 16.6 Å². The van der Waals surface area contributed by atoms with E-state index in [1.807, 2.05) is 0 Å². The van der Waals surface area contributed by atoms with Crippen molar-refractivity contribution in [1.82, 2.24) is 9.97 Å². The molecule has 0 amide bonds. The highest BCUT2D eigenvalue weighted by atomic mass is 19.1. The molecular formula is C22H22FN3O2. The molecule has 28 heavy (non-hydrogen) atoms. The first-order valence-electron chi connectivity index (χ1n) is 9.57. The Kier molecular flexibility index (Phi) is 5.19. The van der Waals surface area contributed by atoms with Gasteiger partial charge in [-0.2, -0.15) is 0 Å². The quantitative estimate of drug-likeness (QED) is 0.623. The summed E-state index contributed by atoms with van der Waals surface area (Å²) in [6.45, 7) is 1.82. The van der Waals surface area contributed by atoms with Gasteiger partial charge in [0.25, 0.3) is 0 Å². The van der Waals surface area contributed by atoms with Gasteiger partial charge >= 0.3 is 5.97 Å². The maximum Gasteiger partial charge on any atom is 0.337 e. The summed E-state index contributed by atoms with van der Waals surface area (Å²) in [5, 5.41) is 0. The number of carbonyl (C=O) groups excluding carboxylic acids is 1. The normalized spacial score (nSPS) is 14.7. The van der Waals surface area contributed by atoms with Crippen LogP contribution in [0.5, 0.6) is 0 Å². The van der Waals surface area contributed by atoms with Crippen LogP contribution >= 0.6 is 0 Å². The molecule has 4 rings (SSSR count). The first kappa shape index (κ1) is 18.3. The minimum Gasteiger partial charge on any atom is -0.465 e. The van der Waals surface area contributed by atoms with Crippen molar-refractivity contribution in [2.24, 2.45) is 0 Å². The molecule has 1 aromatic heterocycles. The molecule has 2 aromatic carbocycles. The fourth-order valence-corrected chi connectivity index (χ4v) is 3.59. The number of fused-ring (bicyclic) bond motifs is 1. The average molecular weight is 379 g/mol. The standard InChI is InChI=1S/C22H22FN3O2/c1-28-22(27)16-8-11-18-19(14-16)25-21(26-12-4-2-3-5-13-26)20(24-18)15-6-9-17(23)10-7-15/h6-11,14H,2-5,12-13H2,1H3. The molecule has 0 aliphatic carbocycles. The Morgan fingerprint density at radius 3 is 2.36 bits per heavy atom. The van der Waals surface area contributed by atoms with Crippen LogP contribution in [0.4, 0.5) is 10.2 Å². The fraction of sp³-hybridized carbons (Fsp3) is 0.318. The molecule has 1 fully saturated rings. The van der Waals surface area contributed by atoms with Crippen molar-refractivity contribution in [2.75, 3.05) is 25.1 Å². The lowest BCUT2D eigenvalue weighted by Crippen LogP contribution is -2.26. The lowest BCUT2D eigenvalue weighted by Gasteiger charge is -2.24. The highest BCUT2D eigenvalue weighted by Gasteiger charge is 2.19. The largest absolute Gasteiger partial charge is 0.465 e.